The molecule has 6 nitrogen and oxygen atoms in total. The lowest BCUT2D eigenvalue weighted by molar-refractivity contribution is 0.0948. The van der Waals surface area contributed by atoms with Gasteiger partial charge in [-0.3, -0.25) is 14.9 Å². The SMILES string of the molecule is COc1c(C(=O)NCc2cccs2)ccc2[nH]nc(C=Cc3cccnc3)c12. The summed E-state index contributed by atoms with van der Waals surface area (Å²) in [5.74, 6) is 0.316. The minimum Gasteiger partial charge on any atom is -0.495 e. The van der Waals surface area contributed by atoms with E-state index >= 15 is 0 Å². The monoisotopic (exact) mass is 390 g/mol. The molecule has 1 amide bonds. The number of rotatable bonds is 6. The van der Waals surface area contributed by atoms with Crippen LogP contribution < -0.4 is 10.1 Å². The van der Waals surface area contributed by atoms with Crippen LogP contribution in [0.3, 0.4) is 0 Å². The van der Waals surface area contributed by atoms with Crippen LogP contribution in [0.1, 0.15) is 26.5 Å². The van der Waals surface area contributed by atoms with Gasteiger partial charge >= 0.3 is 0 Å². The molecule has 0 bridgehead atoms. The molecule has 3 heterocycles. The van der Waals surface area contributed by atoms with Crippen LogP contribution in [-0.4, -0.2) is 28.2 Å². The summed E-state index contributed by atoms with van der Waals surface area (Å²) in [7, 11) is 1.56. The number of aromatic amines is 1. The number of carbonyl (C=O) groups excluding carboxylic acids is 1. The third kappa shape index (κ3) is 3.65. The zero-order chi connectivity index (χ0) is 19.3. The van der Waals surface area contributed by atoms with Crippen molar-refractivity contribution in [1.29, 1.82) is 0 Å². The molecule has 0 spiro atoms. The van der Waals surface area contributed by atoms with Crippen molar-refractivity contribution in [3.8, 4) is 5.75 Å². The highest BCUT2D eigenvalue weighted by atomic mass is 32.1. The van der Waals surface area contributed by atoms with E-state index in [-0.39, 0.29) is 5.91 Å². The second-order valence-electron chi connectivity index (χ2n) is 6.06. The quantitative estimate of drug-likeness (QED) is 0.519. The molecule has 0 unspecified atom stereocenters. The van der Waals surface area contributed by atoms with Crippen LogP contribution in [0.25, 0.3) is 23.1 Å². The predicted octanol–water partition coefficient (Wildman–Crippen LogP) is 4.13. The second-order valence-corrected chi connectivity index (χ2v) is 7.09. The lowest BCUT2D eigenvalue weighted by Gasteiger charge is -2.10. The van der Waals surface area contributed by atoms with Gasteiger partial charge in [-0.2, -0.15) is 5.10 Å². The van der Waals surface area contributed by atoms with E-state index in [0.717, 1.165) is 21.3 Å². The van der Waals surface area contributed by atoms with Crippen molar-refractivity contribution in [3.05, 3.63) is 75.9 Å². The van der Waals surface area contributed by atoms with Gasteiger partial charge in [-0.05, 0) is 41.3 Å². The highest BCUT2D eigenvalue weighted by Gasteiger charge is 2.18. The first-order chi connectivity index (χ1) is 13.8. The van der Waals surface area contributed by atoms with E-state index in [1.165, 1.54) is 0 Å². The van der Waals surface area contributed by atoms with Gasteiger partial charge in [-0.15, -0.1) is 11.3 Å². The minimum absolute atomic E-state index is 0.185. The lowest BCUT2D eigenvalue weighted by atomic mass is 10.1. The maximum atomic E-state index is 12.7. The zero-order valence-electron chi connectivity index (χ0n) is 15.2. The van der Waals surface area contributed by atoms with E-state index in [1.807, 2.05) is 47.9 Å². The molecule has 3 aromatic heterocycles. The maximum absolute atomic E-state index is 12.7. The molecular formula is C21H18N4O2S. The molecule has 28 heavy (non-hydrogen) atoms. The number of methoxy groups -OCH3 is 1. The Balaban J connectivity index is 1.66. The second kappa shape index (κ2) is 8.06. The van der Waals surface area contributed by atoms with Gasteiger partial charge in [0.15, 0.2) is 0 Å². The van der Waals surface area contributed by atoms with Crippen molar-refractivity contribution in [2.75, 3.05) is 7.11 Å². The Kier molecular flexibility index (Phi) is 5.16. The Bertz CT molecular complexity index is 1120. The summed E-state index contributed by atoms with van der Waals surface area (Å²) in [5, 5.41) is 13.1. The first-order valence-electron chi connectivity index (χ1n) is 8.70. The first-order valence-corrected chi connectivity index (χ1v) is 9.58. The Morgan fingerprint density at radius 3 is 2.93 bits per heavy atom. The molecule has 0 aliphatic rings. The third-order valence-electron chi connectivity index (χ3n) is 4.28. The highest BCUT2D eigenvalue weighted by molar-refractivity contribution is 7.09. The number of H-pyrrole nitrogens is 1. The van der Waals surface area contributed by atoms with Crippen LogP contribution in [-0.2, 0) is 6.54 Å². The average Bonchev–Trinajstić information content (AvgIpc) is 3.40. The molecule has 0 atom stereocenters. The van der Waals surface area contributed by atoms with Gasteiger partial charge in [-0.25, -0.2) is 0 Å². The highest BCUT2D eigenvalue weighted by Crippen LogP contribution is 2.32. The van der Waals surface area contributed by atoms with Gasteiger partial charge in [0.05, 0.1) is 35.8 Å². The molecule has 0 aliphatic carbocycles. The van der Waals surface area contributed by atoms with Crippen molar-refractivity contribution < 1.29 is 9.53 Å². The number of ether oxygens (including phenoxy) is 1. The van der Waals surface area contributed by atoms with E-state index in [1.54, 1.807) is 36.9 Å². The van der Waals surface area contributed by atoms with E-state index < -0.39 is 0 Å². The smallest absolute Gasteiger partial charge is 0.255 e. The Morgan fingerprint density at radius 2 is 2.18 bits per heavy atom. The topological polar surface area (TPSA) is 79.9 Å². The molecular weight excluding hydrogens is 372 g/mol. The molecule has 7 heteroatoms. The molecule has 4 rings (SSSR count). The maximum Gasteiger partial charge on any atom is 0.255 e. The number of nitrogens with one attached hydrogen (secondary N) is 2. The molecule has 0 saturated carbocycles. The van der Waals surface area contributed by atoms with Crippen LogP contribution in [0.4, 0.5) is 0 Å². The van der Waals surface area contributed by atoms with Gasteiger partial charge in [0.1, 0.15) is 5.75 Å². The number of benzene rings is 1. The van der Waals surface area contributed by atoms with Crippen molar-refractivity contribution in [2.24, 2.45) is 0 Å². The van der Waals surface area contributed by atoms with E-state index in [2.05, 4.69) is 20.5 Å². The first kappa shape index (κ1) is 17.9. The largest absolute Gasteiger partial charge is 0.495 e. The molecule has 140 valence electrons. The molecule has 0 saturated heterocycles. The lowest BCUT2D eigenvalue weighted by Crippen LogP contribution is -2.22. The number of amides is 1. The Hall–Kier alpha value is -3.45. The van der Waals surface area contributed by atoms with Gasteiger partial charge in [0.25, 0.3) is 5.91 Å². The Morgan fingerprint density at radius 1 is 1.25 bits per heavy atom. The fourth-order valence-corrected chi connectivity index (χ4v) is 3.59. The van der Waals surface area contributed by atoms with Crippen LogP contribution in [0.2, 0.25) is 0 Å². The fourth-order valence-electron chi connectivity index (χ4n) is 2.94. The molecule has 4 aromatic rings. The van der Waals surface area contributed by atoms with E-state index in [9.17, 15) is 4.79 Å². The number of nitrogens with zero attached hydrogens (tertiary/aromatic N) is 2. The van der Waals surface area contributed by atoms with Gasteiger partial charge < -0.3 is 10.1 Å². The zero-order valence-corrected chi connectivity index (χ0v) is 16.0. The van der Waals surface area contributed by atoms with Crippen LogP contribution in [0.5, 0.6) is 5.75 Å². The number of aromatic nitrogens is 3. The fraction of sp³-hybridized carbons (Fsp3) is 0.0952. The van der Waals surface area contributed by atoms with Gasteiger partial charge in [-0.1, -0.05) is 18.2 Å². The van der Waals surface area contributed by atoms with E-state index in [4.69, 9.17) is 4.74 Å². The van der Waals surface area contributed by atoms with E-state index in [0.29, 0.717) is 23.6 Å². The summed E-state index contributed by atoms with van der Waals surface area (Å²) in [4.78, 5) is 17.9. The van der Waals surface area contributed by atoms with Gasteiger partial charge in [0, 0.05) is 17.3 Å². The normalized spacial score (nSPS) is 11.2. The summed E-state index contributed by atoms with van der Waals surface area (Å²) >= 11 is 1.61. The number of fused-ring (bicyclic) bond motifs is 1. The number of hydrogen-bond acceptors (Lipinski definition) is 5. The standard InChI is InChI=1S/C21H18N4O2S/c1-27-20-16(21(26)23-13-15-5-3-11-28-15)7-9-18-19(20)17(24-25-18)8-6-14-4-2-10-22-12-14/h2-12H,13H2,1H3,(H,23,26)(H,24,25). The Labute approximate surface area is 165 Å². The summed E-state index contributed by atoms with van der Waals surface area (Å²) in [5.41, 5.74) is 2.94. The summed E-state index contributed by atoms with van der Waals surface area (Å²) < 4.78 is 5.60. The van der Waals surface area contributed by atoms with Crippen molar-refractivity contribution in [2.45, 2.75) is 6.54 Å². The predicted molar refractivity (Wildman–Crippen MR) is 111 cm³/mol. The van der Waals surface area contributed by atoms with Crippen molar-refractivity contribution >= 4 is 40.3 Å². The summed E-state index contributed by atoms with van der Waals surface area (Å²) in [6, 6.07) is 11.4. The van der Waals surface area contributed by atoms with Crippen LogP contribution in [0, 0.1) is 0 Å². The van der Waals surface area contributed by atoms with Gasteiger partial charge in [0.2, 0.25) is 0 Å². The third-order valence-corrected chi connectivity index (χ3v) is 5.16. The van der Waals surface area contributed by atoms with Crippen molar-refractivity contribution in [3.63, 3.8) is 0 Å². The number of carbonyl (C=O) groups is 1. The van der Waals surface area contributed by atoms with Crippen LogP contribution >= 0.6 is 11.3 Å². The average molecular weight is 390 g/mol. The number of pyridine rings is 1. The molecule has 1 aromatic carbocycles. The molecule has 2 N–H and O–H groups in total. The summed E-state index contributed by atoms with van der Waals surface area (Å²) in [6.45, 7) is 0.483. The van der Waals surface area contributed by atoms with Crippen molar-refractivity contribution in [1.82, 2.24) is 20.5 Å². The number of hydrogen-bond donors (Lipinski definition) is 2. The van der Waals surface area contributed by atoms with Crippen LogP contribution in [0.15, 0.2) is 54.2 Å². The summed E-state index contributed by atoms with van der Waals surface area (Å²) in [6.07, 6.45) is 7.30. The molecule has 0 radical (unpaired) electrons. The number of thiophene rings is 1. The minimum atomic E-state index is -0.185. The molecule has 0 fully saturated rings. The molecule has 0 aliphatic heterocycles.